The van der Waals surface area contributed by atoms with Gasteiger partial charge in [-0.3, -0.25) is 0 Å². The minimum absolute atomic E-state index is 0.00288. The molecule has 9 heteroatoms. The molecule has 0 spiro atoms. The molecule has 0 aliphatic heterocycles. The van der Waals surface area contributed by atoms with Crippen molar-refractivity contribution < 1.29 is 29.3 Å². The summed E-state index contributed by atoms with van der Waals surface area (Å²) in [7, 11) is 0. The quantitative estimate of drug-likeness (QED) is 0.734. The number of aromatic nitrogens is 1. The Kier molecular flexibility index (Phi) is 5.84. The summed E-state index contributed by atoms with van der Waals surface area (Å²) >= 11 is 12.2. The summed E-state index contributed by atoms with van der Waals surface area (Å²) in [5, 5.41) is 19.1. The average Bonchev–Trinajstić information content (AvgIpc) is 2.56. The molecule has 26 heavy (non-hydrogen) atoms. The van der Waals surface area contributed by atoms with Gasteiger partial charge in [-0.15, -0.1) is 0 Å². The number of pyridine rings is 1. The molecule has 1 heterocycles. The molecular weight excluding hydrogens is 385 g/mol. The fourth-order valence-electron chi connectivity index (χ4n) is 2.49. The van der Waals surface area contributed by atoms with Gasteiger partial charge in [-0.25, -0.2) is 19.4 Å². The molecule has 0 fully saturated rings. The van der Waals surface area contributed by atoms with Gasteiger partial charge < -0.3 is 14.9 Å². The van der Waals surface area contributed by atoms with Gasteiger partial charge in [-0.1, -0.05) is 35.3 Å². The van der Waals surface area contributed by atoms with Crippen molar-refractivity contribution >= 4 is 41.1 Å². The molecule has 0 saturated heterocycles. The van der Waals surface area contributed by atoms with Crippen LogP contribution in [0.1, 0.15) is 43.8 Å². The summed E-state index contributed by atoms with van der Waals surface area (Å²) in [5.41, 5.74) is -1.68. The number of hydrogen-bond donors (Lipinski definition) is 2. The third-order valence-electron chi connectivity index (χ3n) is 3.50. The van der Waals surface area contributed by atoms with Crippen LogP contribution in [-0.4, -0.2) is 39.7 Å². The second-order valence-electron chi connectivity index (χ2n) is 5.10. The monoisotopic (exact) mass is 397 g/mol. The Labute approximate surface area is 158 Å². The lowest BCUT2D eigenvalue weighted by Crippen LogP contribution is -2.19. The van der Waals surface area contributed by atoms with Crippen molar-refractivity contribution in [1.82, 2.24) is 4.98 Å². The fourth-order valence-corrected chi connectivity index (χ4v) is 2.88. The van der Waals surface area contributed by atoms with Crippen LogP contribution < -0.4 is 0 Å². The molecule has 0 unspecified atom stereocenters. The molecule has 1 aromatic carbocycles. The van der Waals surface area contributed by atoms with Gasteiger partial charge in [0.1, 0.15) is 5.56 Å². The van der Waals surface area contributed by atoms with Crippen LogP contribution in [0.25, 0.3) is 11.1 Å². The Balaban J connectivity index is 3.05. The number of aryl methyl sites for hydroxylation is 1. The van der Waals surface area contributed by atoms with Crippen LogP contribution in [0.15, 0.2) is 18.2 Å². The SMILES string of the molecule is CCOC(=O)c1c(C)nc(C(=O)O)c(C(=O)O)c1-c1cccc(Cl)c1Cl. The normalized spacial score (nSPS) is 10.5. The standard InChI is InChI=1S/C17H13Cl2NO6/c1-3-26-17(25)10-7(2)20-14(16(23)24)12(15(21)22)11(10)8-5-4-6-9(18)13(8)19/h4-6H,3H2,1-2H3,(H,21,22)(H,23,24). The van der Waals surface area contributed by atoms with Crippen LogP contribution in [0, 0.1) is 6.92 Å². The van der Waals surface area contributed by atoms with Gasteiger partial charge in [-0.05, 0) is 19.9 Å². The van der Waals surface area contributed by atoms with Crippen molar-refractivity contribution in [2.45, 2.75) is 13.8 Å². The Hall–Kier alpha value is -2.64. The minimum atomic E-state index is -1.58. The van der Waals surface area contributed by atoms with E-state index in [1.807, 2.05) is 0 Å². The summed E-state index contributed by atoms with van der Waals surface area (Å²) in [6, 6.07) is 4.41. The number of carboxylic acids is 2. The first-order chi connectivity index (χ1) is 12.2. The van der Waals surface area contributed by atoms with Crippen molar-refractivity contribution in [3.05, 3.63) is 50.8 Å². The Bertz CT molecular complexity index is 926. The number of rotatable bonds is 5. The highest BCUT2D eigenvalue weighted by atomic mass is 35.5. The number of esters is 1. The Morgan fingerprint density at radius 1 is 1.12 bits per heavy atom. The van der Waals surface area contributed by atoms with Crippen LogP contribution >= 0.6 is 23.2 Å². The van der Waals surface area contributed by atoms with Crippen molar-refractivity contribution in [3.8, 4) is 11.1 Å². The maximum absolute atomic E-state index is 12.4. The summed E-state index contributed by atoms with van der Waals surface area (Å²) < 4.78 is 4.98. The highest BCUT2D eigenvalue weighted by molar-refractivity contribution is 6.44. The van der Waals surface area contributed by atoms with Crippen LogP contribution in [-0.2, 0) is 4.74 Å². The zero-order valence-corrected chi connectivity index (χ0v) is 15.2. The third-order valence-corrected chi connectivity index (χ3v) is 4.31. The van der Waals surface area contributed by atoms with E-state index < -0.39 is 29.2 Å². The van der Waals surface area contributed by atoms with Crippen molar-refractivity contribution in [3.63, 3.8) is 0 Å². The van der Waals surface area contributed by atoms with Crippen molar-refractivity contribution in [2.75, 3.05) is 6.61 Å². The lowest BCUT2D eigenvalue weighted by Gasteiger charge is -2.17. The molecule has 136 valence electrons. The number of benzene rings is 1. The van der Waals surface area contributed by atoms with Gasteiger partial charge in [-0.2, -0.15) is 0 Å². The Morgan fingerprint density at radius 2 is 1.77 bits per heavy atom. The van der Waals surface area contributed by atoms with E-state index in [9.17, 15) is 24.6 Å². The number of nitrogens with zero attached hydrogens (tertiary/aromatic N) is 1. The summed E-state index contributed by atoms with van der Waals surface area (Å²) in [6.45, 7) is 2.99. The molecule has 0 aliphatic carbocycles. The first-order valence-electron chi connectivity index (χ1n) is 7.33. The first-order valence-corrected chi connectivity index (χ1v) is 8.08. The number of carbonyl (C=O) groups excluding carboxylic acids is 1. The van der Waals surface area contributed by atoms with Crippen LogP contribution in [0.4, 0.5) is 0 Å². The maximum atomic E-state index is 12.4. The molecule has 0 atom stereocenters. The average molecular weight is 398 g/mol. The molecular formula is C17H13Cl2NO6. The molecule has 0 amide bonds. The van der Waals surface area contributed by atoms with Gasteiger partial charge in [0.25, 0.3) is 0 Å². The fraction of sp³-hybridized carbons (Fsp3) is 0.176. The zero-order chi connectivity index (χ0) is 19.6. The molecule has 2 aromatic rings. The van der Waals surface area contributed by atoms with Crippen molar-refractivity contribution in [1.29, 1.82) is 0 Å². The summed E-state index contributed by atoms with van der Waals surface area (Å²) in [4.78, 5) is 39.6. The van der Waals surface area contributed by atoms with Gasteiger partial charge in [0.05, 0.1) is 27.9 Å². The lowest BCUT2D eigenvalue weighted by molar-refractivity contribution is 0.0524. The smallest absolute Gasteiger partial charge is 0.355 e. The highest BCUT2D eigenvalue weighted by Crippen LogP contribution is 2.39. The first kappa shape index (κ1) is 19.7. The second-order valence-corrected chi connectivity index (χ2v) is 5.89. The zero-order valence-electron chi connectivity index (χ0n) is 13.7. The van der Waals surface area contributed by atoms with Gasteiger partial charge >= 0.3 is 17.9 Å². The van der Waals surface area contributed by atoms with E-state index in [2.05, 4.69) is 4.98 Å². The second kappa shape index (κ2) is 7.72. The third kappa shape index (κ3) is 3.49. The topological polar surface area (TPSA) is 114 Å². The van der Waals surface area contributed by atoms with Gasteiger partial charge in [0.15, 0.2) is 5.69 Å². The molecule has 2 rings (SSSR count). The van der Waals surface area contributed by atoms with E-state index in [0.717, 1.165) is 0 Å². The largest absolute Gasteiger partial charge is 0.478 e. The van der Waals surface area contributed by atoms with Crippen molar-refractivity contribution in [2.24, 2.45) is 0 Å². The number of halogens is 2. The van der Waals surface area contributed by atoms with E-state index in [1.165, 1.54) is 25.1 Å². The number of carboxylic acid groups (broad SMARTS) is 2. The molecule has 1 aromatic heterocycles. The number of carbonyl (C=O) groups is 3. The molecule has 7 nitrogen and oxygen atoms in total. The predicted octanol–water partition coefficient (Wildman–Crippen LogP) is 3.94. The van der Waals surface area contributed by atoms with E-state index in [-0.39, 0.29) is 39.0 Å². The summed E-state index contributed by atoms with van der Waals surface area (Å²) in [6.07, 6.45) is 0. The van der Waals surface area contributed by atoms with Crippen LogP contribution in [0.5, 0.6) is 0 Å². The molecule has 0 bridgehead atoms. The molecule has 0 radical (unpaired) electrons. The van der Waals surface area contributed by atoms with E-state index in [4.69, 9.17) is 27.9 Å². The minimum Gasteiger partial charge on any atom is -0.478 e. The molecule has 0 saturated carbocycles. The van der Waals surface area contributed by atoms with Crippen LogP contribution in [0.3, 0.4) is 0 Å². The number of ether oxygens (including phenoxy) is 1. The number of aromatic carboxylic acids is 2. The summed E-state index contributed by atoms with van der Waals surface area (Å²) in [5.74, 6) is -3.98. The Morgan fingerprint density at radius 3 is 2.31 bits per heavy atom. The number of hydrogen-bond acceptors (Lipinski definition) is 5. The lowest BCUT2D eigenvalue weighted by atomic mass is 9.92. The van der Waals surface area contributed by atoms with Gasteiger partial charge in [0, 0.05) is 11.1 Å². The maximum Gasteiger partial charge on any atom is 0.355 e. The van der Waals surface area contributed by atoms with E-state index in [1.54, 1.807) is 6.92 Å². The van der Waals surface area contributed by atoms with E-state index >= 15 is 0 Å². The van der Waals surface area contributed by atoms with Gasteiger partial charge in [0.2, 0.25) is 0 Å². The predicted molar refractivity (Wildman–Crippen MR) is 94.3 cm³/mol. The highest BCUT2D eigenvalue weighted by Gasteiger charge is 2.31. The molecule has 0 aliphatic rings. The van der Waals surface area contributed by atoms with E-state index in [0.29, 0.717) is 0 Å². The molecule has 2 N–H and O–H groups in total. The van der Waals surface area contributed by atoms with Crippen LogP contribution in [0.2, 0.25) is 10.0 Å².